The number of esters is 1. The first kappa shape index (κ1) is 14.5. The molecule has 0 saturated heterocycles. The van der Waals surface area contributed by atoms with Crippen molar-refractivity contribution in [1.82, 2.24) is 4.90 Å². The minimum Gasteiger partial charge on any atom is -0.465 e. The molecular weight excluding hydrogens is 218 g/mol. The van der Waals surface area contributed by atoms with Gasteiger partial charge in [0.25, 0.3) is 0 Å². The van der Waals surface area contributed by atoms with E-state index in [1.807, 2.05) is 6.92 Å². The lowest BCUT2D eigenvalue weighted by Crippen LogP contribution is -2.35. The second kappa shape index (κ2) is 7.67. The molecule has 0 N–H and O–H groups in total. The minimum absolute atomic E-state index is 0.122. The number of carbonyl (C=O) groups is 1. The standard InChI is InChI=1S/C13H25NO3/c1-4-17-13(15)9-14(12-5-6-12)7-8-16-10-11(2)3/h11-12H,4-10H2,1-3H3. The molecule has 1 saturated carbocycles. The molecule has 4 nitrogen and oxygen atoms in total. The van der Waals surface area contributed by atoms with Gasteiger partial charge in [-0.2, -0.15) is 0 Å². The number of nitrogens with zero attached hydrogens (tertiary/aromatic N) is 1. The highest BCUT2D eigenvalue weighted by molar-refractivity contribution is 5.71. The molecule has 0 spiro atoms. The van der Waals surface area contributed by atoms with E-state index in [-0.39, 0.29) is 5.97 Å². The van der Waals surface area contributed by atoms with Crippen LogP contribution in [0.3, 0.4) is 0 Å². The van der Waals surface area contributed by atoms with E-state index in [1.54, 1.807) is 0 Å². The van der Waals surface area contributed by atoms with Gasteiger partial charge in [-0.1, -0.05) is 13.8 Å². The van der Waals surface area contributed by atoms with Crippen LogP contribution in [0.2, 0.25) is 0 Å². The summed E-state index contributed by atoms with van der Waals surface area (Å²) in [6, 6.07) is 0.571. The van der Waals surface area contributed by atoms with E-state index < -0.39 is 0 Å². The van der Waals surface area contributed by atoms with Crippen LogP contribution in [0.25, 0.3) is 0 Å². The summed E-state index contributed by atoms with van der Waals surface area (Å²) in [5.41, 5.74) is 0. The molecule has 0 radical (unpaired) electrons. The van der Waals surface area contributed by atoms with E-state index in [2.05, 4.69) is 18.7 Å². The Morgan fingerprint density at radius 2 is 2.12 bits per heavy atom. The molecule has 1 aliphatic rings. The summed E-state index contributed by atoms with van der Waals surface area (Å²) in [5, 5.41) is 0. The van der Waals surface area contributed by atoms with E-state index in [9.17, 15) is 4.79 Å². The lowest BCUT2D eigenvalue weighted by molar-refractivity contribution is -0.144. The molecule has 0 atom stereocenters. The van der Waals surface area contributed by atoms with Crippen molar-refractivity contribution in [3.05, 3.63) is 0 Å². The normalized spacial score (nSPS) is 15.6. The number of rotatable bonds is 9. The summed E-state index contributed by atoms with van der Waals surface area (Å²) in [5.74, 6) is 0.442. The third-order valence-corrected chi connectivity index (χ3v) is 2.67. The summed E-state index contributed by atoms with van der Waals surface area (Å²) in [7, 11) is 0. The molecule has 0 aromatic heterocycles. The van der Waals surface area contributed by atoms with Crippen LogP contribution in [-0.4, -0.2) is 49.8 Å². The van der Waals surface area contributed by atoms with E-state index >= 15 is 0 Å². The van der Waals surface area contributed by atoms with Gasteiger partial charge in [-0.15, -0.1) is 0 Å². The van der Waals surface area contributed by atoms with Crippen LogP contribution in [-0.2, 0) is 14.3 Å². The lowest BCUT2D eigenvalue weighted by atomic mass is 10.2. The maximum absolute atomic E-state index is 11.4. The summed E-state index contributed by atoms with van der Waals surface area (Å²) in [6.07, 6.45) is 2.40. The van der Waals surface area contributed by atoms with Crippen molar-refractivity contribution in [3.63, 3.8) is 0 Å². The summed E-state index contributed by atoms with van der Waals surface area (Å²) >= 11 is 0. The molecule has 1 rings (SSSR count). The van der Waals surface area contributed by atoms with Crippen molar-refractivity contribution in [2.24, 2.45) is 5.92 Å². The Morgan fingerprint density at radius 1 is 1.41 bits per heavy atom. The summed E-state index contributed by atoms with van der Waals surface area (Å²) in [6.45, 7) is 9.30. The van der Waals surface area contributed by atoms with Gasteiger partial charge in [0.2, 0.25) is 0 Å². The van der Waals surface area contributed by atoms with Crippen molar-refractivity contribution in [2.45, 2.75) is 39.7 Å². The zero-order valence-electron chi connectivity index (χ0n) is 11.3. The van der Waals surface area contributed by atoms with E-state index in [0.29, 0.717) is 31.7 Å². The number of hydrogen-bond acceptors (Lipinski definition) is 4. The highest BCUT2D eigenvalue weighted by atomic mass is 16.5. The highest BCUT2D eigenvalue weighted by Gasteiger charge is 2.30. The molecule has 0 aromatic rings. The van der Waals surface area contributed by atoms with Crippen molar-refractivity contribution in [1.29, 1.82) is 0 Å². The average molecular weight is 243 g/mol. The monoisotopic (exact) mass is 243 g/mol. The quantitative estimate of drug-likeness (QED) is 0.456. The highest BCUT2D eigenvalue weighted by Crippen LogP contribution is 2.26. The maximum Gasteiger partial charge on any atom is 0.320 e. The van der Waals surface area contributed by atoms with Gasteiger partial charge in [0, 0.05) is 19.2 Å². The smallest absolute Gasteiger partial charge is 0.320 e. The third-order valence-electron chi connectivity index (χ3n) is 2.67. The first-order valence-electron chi connectivity index (χ1n) is 6.61. The molecule has 0 amide bonds. The van der Waals surface area contributed by atoms with Crippen LogP contribution >= 0.6 is 0 Å². The number of carbonyl (C=O) groups excluding carboxylic acids is 1. The average Bonchev–Trinajstić information content (AvgIpc) is 3.06. The second-order valence-electron chi connectivity index (χ2n) is 4.98. The van der Waals surface area contributed by atoms with Crippen LogP contribution in [0, 0.1) is 5.92 Å². The molecule has 100 valence electrons. The van der Waals surface area contributed by atoms with Crippen LogP contribution in [0.15, 0.2) is 0 Å². The second-order valence-corrected chi connectivity index (χ2v) is 4.98. The molecular formula is C13H25NO3. The molecule has 0 bridgehead atoms. The Morgan fingerprint density at radius 3 is 2.65 bits per heavy atom. The van der Waals surface area contributed by atoms with Crippen molar-refractivity contribution >= 4 is 5.97 Å². The van der Waals surface area contributed by atoms with Crippen molar-refractivity contribution < 1.29 is 14.3 Å². The van der Waals surface area contributed by atoms with E-state index in [4.69, 9.17) is 9.47 Å². The zero-order valence-corrected chi connectivity index (χ0v) is 11.3. The van der Waals surface area contributed by atoms with Crippen molar-refractivity contribution in [3.8, 4) is 0 Å². The van der Waals surface area contributed by atoms with Gasteiger partial charge in [-0.3, -0.25) is 9.69 Å². The van der Waals surface area contributed by atoms with Gasteiger partial charge in [0.05, 0.1) is 19.8 Å². The lowest BCUT2D eigenvalue weighted by Gasteiger charge is -2.20. The third kappa shape index (κ3) is 6.64. The van der Waals surface area contributed by atoms with E-state index in [0.717, 1.165) is 13.2 Å². The van der Waals surface area contributed by atoms with Crippen LogP contribution in [0.4, 0.5) is 0 Å². The summed E-state index contributed by atoms with van der Waals surface area (Å²) < 4.78 is 10.5. The SMILES string of the molecule is CCOC(=O)CN(CCOCC(C)C)C1CC1. The predicted octanol–water partition coefficient (Wildman–Crippen LogP) is 1.69. The Balaban J connectivity index is 2.17. The molecule has 0 aliphatic heterocycles. The molecule has 0 heterocycles. The van der Waals surface area contributed by atoms with Gasteiger partial charge in [0.1, 0.15) is 0 Å². The van der Waals surface area contributed by atoms with Crippen molar-refractivity contribution in [2.75, 3.05) is 32.9 Å². The molecule has 4 heteroatoms. The fourth-order valence-electron chi connectivity index (χ4n) is 1.70. The molecule has 1 fully saturated rings. The Labute approximate surface area is 104 Å². The largest absolute Gasteiger partial charge is 0.465 e. The van der Waals surface area contributed by atoms with E-state index in [1.165, 1.54) is 12.8 Å². The summed E-state index contributed by atoms with van der Waals surface area (Å²) in [4.78, 5) is 13.6. The fourth-order valence-corrected chi connectivity index (χ4v) is 1.70. The first-order valence-corrected chi connectivity index (χ1v) is 6.61. The predicted molar refractivity (Wildman–Crippen MR) is 66.9 cm³/mol. The molecule has 1 aliphatic carbocycles. The maximum atomic E-state index is 11.4. The van der Waals surface area contributed by atoms with Crippen LogP contribution in [0.1, 0.15) is 33.6 Å². The van der Waals surface area contributed by atoms with Gasteiger partial charge >= 0.3 is 5.97 Å². The van der Waals surface area contributed by atoms with Crippen LogP contribution in [0.5, 0.6) is 0 Å². The topological polar surface area (TPSA) is 38.8 Å². The van der Waals surface area contributed by atoms with Gasteiger partial charge in [0.15, 0.2) is 0 Å². The Bertz CT molecular complexity index is 227. The number of hydrogen-bond donors (Lipinski definition) is 0. The van der Waals surface area contributed by atoms with Gasteiger partial charge in [-0.05, 0) is 25.7 Å². The number of ether oxygens (including phenoxy) is 2. The van der Waals surface area contributed by atoms with Gasteiger partial charge < -0.3 is 9.47 Å². The minimum atomic E-state index is -0.122. The molecule has 0 aromatic carbocycles. The van der Waals surface area contributed by atoms with Gasteiger partial charge in [-0.25, -0.2) is 0 Å². The molecule has 0 unspecified atom stereocenters. The first-order chi connectivity index (χ1) is 8.13. The fraction of sp³-hybridized carbons (Fsp3) is 0.923. The molecule has 17 heavy (non-hydrogen) atoms. The Kier molecular flexibility index (Phi) is 6.52. The zero-order chi connectivity index (χ0) is 12.7. The van der Waals surface area contributed by atoms with Crippen LogP contribution < -0.4 is 0 Å². The Hall–Kier alpha value is -0.610.